The second-order valence-corrected chi connectivity index (χ2v) is 8.04. The summed E-state index contributed by atoms with van der Waals surface area (Å²) < 4.78 is 4.46. The van der Waals surface area contributed by atoms with Crippen LogP contribution in [0.3, 0.4) is 0 Å². The van der Waals surface area contributed by atoms with Gasteiger partial charge in [0, 0.05) is 6.42 Å². The van der Waals surface area contributed by atoms with Gasteiger partial charge in [-0.1, -0.05) is 81.0 Å². The number of benzene rings is 2. The number of carboxylic acid groups (broad SMARTS) is 1. The number of carboxylic acids is 1. The molecule has 3 aromatic rings. The van der Waals surface area contributed by atoms with Crippen molar-refractivity contribution in [1.29, 1.82) is 0 Å². The van der Waals surface area contributed by atoms with Gasteiger partial charge in [0.05, 0.1) is 13.1 Å². The number of imidazole rings is 1. The lowest BCUT2D eigenvalue weighted by atomic mass is 10.1. The Morgan fingerprint density at radius 2 is 1.43 bits per heavy atom. The second-order valence-electron chi connectivity index (χ2n) is 8.04. The molecule has 0 atom stereocenters. The number of hydrogen-bond donors (Lipinski definition) is 2. The molecule has 0 spiro atoms. The minimum Gasteiger partial charge on any atom is -0.481 e. The smallest absolute Gasteiger partial charge is 0.356 e. The van der Waals surface area contributed by atoms with Crippen molar-refractivity contribution >= 4 is 23.0 Å². The van der Waals surface area contributed by atoms with Crippen molar-refractivity contribution in [3.05, 3.63) is 60.2 Å². The Labute approximate surface area is 179 Å². The molecule has 0 bridgehead atoms. The number of aryl methyl sites for hydroxylation is 1. The monoisotopic (exact) mass is 408 g/mol. The minimum atomic E-state index is -0.683. The molecule has 5 heteroatoms. The third-order valence-electron chi connectivity index (χ3n) is 5.72. The number of fused-ring (bicyclic) bond motifs is 1. The van der Waals surface area contributed by atoms with E-state index >= 15 is 0 Å². The van der Waals surface area contributed by atoms with Crippen LogP contribution in [0, 0.1) is 0 Å². The van der Waals surface area contributed by atoms with Crippen LogP contribution in [0.5, 0.6) is 0 Å². The highest BCUT2D eigenvalue weighted by Crippen LogP contribution is 2.18. The molecule has 160 valence electrons. The van der Waals surface area contributed by atoms with Crippen LogP contribution in [0.2, 0.25) is 0 Å². The van der Waals surface area contributed by atoms with Gasteiger partial charge in [0.1, 0.15) is 11.0 Å². The highest BCUT2D eigenvalue weighted by Gasteiger charge is 2.20. The number of rotatable bonds is 13. The zero-order valence-corrected chi connectivity index (χ0v) is 17.8. The van der Waals surface area contributed by atoms with Gasteiger partial charge in [0.15, 0.2) is 0 Å². The Morgan fingerprint density at radius 1 is 0.833 bits per heavy atom. The fourth-order valence-electron chi connectivity index (χ4n) is 4.09. The van der Waals surface area contributed by atoms with Crippen molar-refractivity contribution in [2.75, 3.05) is 5.73 Å². The maximum absolute atomic E-state index is 10.5. The summed E-state index contributed by atoms with van der Waals surface area (Å²) in [6.45, 7) is 1.72. The first-order valence-corrected chi connectivity index (χ1v) is 11.2. The quantitative estimate of drug-likeness (QED) is 0.303. The van der Waals surface area contributed by atoms with Crippen LogP contribution in [-0.2, 0) is 17.9 Å². The molecular formula is C25H34N3O2+. The van der Waals surface area contributed by atoms with Crippen molar-refractivity contribution < 1.29 is 14.5 Å². The lowest BCUT2D eigenvalue weighted by Gasteiger charge is -2.04. The van der Waals surface area contributed by atoms with Crippen molar-refractivity contribution in [2.24, 2.45) is 0 Å². The second kappa shape index (κ2) is 11.4. The number of aromatic nitrogens is 2. The molecule has 0 aliphatic carbocycles. The number of unbranched alkanes of at least 4 members (excludes halogenated alkanes) is 7. The van der Waals surface area contributed by atoms with Crippen molar-refractivity contribution in [3.8, 4) is 0 Å². The van der Waals surface area contributed by atoms with E-state index in [-0.39, 0.29) is 0 Å². The summed E-state index contributed by atoms with van der Waals surface area (Å²) in [6, 6.07) is 18.9. The molecule has 0 fully saturated rings. The van der Waals surface area contributed by atoms with Gasteiger partial charge in [-0.15, -0.1) is 0 Å². The van der Waals surface area contributed by atoms with Gasteiger partial charge in [0.2, 0.25) is 0 Å². The Bertz CT molecular complexity index is 934. The van der Waals surface area contributed by atoms with Crippen LogP contribution in [0.4, 0.5) is 5.95 Å². The molecule has 1 aromatic heterocycles. The largest absolute Gasteiger partial charge is 0.481 e. The number of para-hydroxylation sites is 2. The molecule has 3 rings (SSSR count). The first kappa shape index (κ1) is 21.9. The van der Waals surface area contributed by atoms with E-state index in [0.717, 1.165) is 44.7 Å². The van der Waals surface area contributed by atoms with E-state index in [1.807, 2.05) is 6.07 Å². The number of carbonyl (C=O) groups is 1. The first-order chi connectivity index (χ1) is 14.7. The Morgan fingerprint density at radius 3 is 2.13 bits per heavy atom. The SMILES string of the molecule is Nc1n(CCCCCCCCCCC(=O)O)c2ccccc2[n+]1Cc1ccccc1. The predicted octanol–water partition coefficient (Wildman–Crippen LogP) is 5.15. The molecule has 5 nitrogen and oxygen atoms in total. The topological polar surface area (TPSA) is 72.1 Å². The number of anilines is 1. The molecule has 0 amide bonds. The number of nitrogens with zero attached hydrogens (tertiary/aromatic N) is 2. The molecule has 0 aliphatic heterocycles. The van der Waals surface area contributed by atoms with E-state index in [2.05, 4.69) is 57.7 Å². The van der Waals surface area contributed by atoms with Crippen molar-refractivity contribution in [1.82, 2.24) is 4.57 Å². The van der Waals surface area contributed by atoms with E-state index in [4.69, 9.17) is 10.8 Å². The van der Waals surface area contributed by atoms with E-state index in [1.54, 1.807) is 0 Å². The summed E-state index contributed by atoms with van der Waals surface area (Å²) in [6.07, 6.45) is 9.24. The Hall–Kier alpha value is -2.82. The summed E-state index contributed by atoms with van der Waals surface area (Å²) in [4.78, 5) is 10.5. The lowest BCUT2D eigenvalue weighted by Crippen LogP contribution is -2.37. The maximum atomic E-state index is 10.5. The van der Waals surface area contributed by atoms with Crippen LogP contribution in [0.15, 0.2) is 54.6 Å². The van der Waals surface area contributed by atoms with Gasteiger partial charge >= 0.3 is 11.9 Å². The zero-order valence-electron chi connectivity index (χ0n) is 17.8. The molecule has 0 unspecified atom stereocenters. The first-order valence-electron chi connectivity index (χ1n) is 11.2. The summed E-state index contributed by atoms with van der Waals surface area (Å²) in [5.41, 5.74) is 10.2. The van der Waals surface area contributed by atoms with E-state index in [0.29, 0.717) is 6.42 Å². The zero-order chi connectivity index (χ0) is 21.2. The summed E-state index contributed by atoms with van der Waals surface area (Å²) in [7, 11) is 0. The van der Waals surface area contributed by atoms with Crippen molar-refractivity contribution in [2.45, 2.75) is 70.9 Å². The average Bonchev–Trinajstić information content (AvgIpc) is 3.01. The molecule has 0 radical (unpaired) electrons. The Kier molecular flexibility index (Phi) is 8.30. The van der Waals surface area contributed by atoms with Gasteiger partial charge in [-0.3, -0.25) is 10.5 Å². The molecular weight excluding hydrogens is 374 g/mol. The number of nitrogens with two attached hydrogens (primary N) is 1. The number of nitrogen functional groups attached to an aromatic ring is 1. The molecule has 2 aromatic carbocycles. The van der Waals surface area contributed by atoms with Crippen LogP contribution in [0.25, 0.3) is 11.0 Å². The van der Waals surface area contributed by atoms with Crippen LogP contribution in [0.1, 0.15) is 63.4 Å². The fourth-order valence-corrected chi connectivity index (χ4v) is 4.09. The molecule has 0 aliphatic rings. The van der Waals surface area contributed by atoms with Gasteiger partial charge in [0.25, 0.3) is 0 Å². The van der Waals surface area contributed by atoms with Gasteiger partial charge in [-0.2, -0.15) is 0 Å². The third kappa shape index (κ3) is 6.09. The fraction of sp³-hybridized carbons (Fsp3) is 0.440. The maximum Gasteiger partial charge on any atom is 0.356 e. The summed E-state index contributed by atoms with van der Waals surface area (Å²) in [5, 5.41) is 8.66. The molecule has 1 heterocycles. The van der Waals surface area contributed by atoms with Crippen LogP contribution in [-0.4, -0.2) is 15.6 Å². The normalized spacial score (nSPS) is 11.2. The molecule has 30 heavy (non-hydrogen) atoms. The highest BCUT2D eigenvalue weighted by molar-refractivity contribution is 5.73. The average molecular weight is 409 g/mol. The molecule has 3 N–H and O–H groups in total. The van der Waals surface area contributed by atoms with Crippen molar-refractivity contribution in [3.63, 3.8) is 0 Å². The highest BCUT2D eigenvalue weighted by atomic mass is 16.4. The van der Waals surface area contributed by atoms with Gasteiger partial charge in [-0.25, -0.2) is 9.13 Å². The minimum absolute atomic E-state index is 0.302. The van der Waals surface area contributed by atoms with Gasteiger partial charge < -0.3 is 5.11 Å². The molecule has 0 saturated heterocycles. The van der Waals surface area contributed by atoms with E-state index < -0.39 is 5.97 Å². The number of aliphatic carboxylic acids is 1. The lowest BCUT2D eigenvalue weighted by molar-refractivity contribution is -0.648. The van der Waals surface area contributed by atoms with Crippen LogP contribution >= 0.6 is 0 Å². The molecule has 0 saturated carbocycles. The third-order valence-corrected chi connectivity index (χ3v) is 5.72. The Balaban J connectivity index is 1.49. The van der Waals surface area contributed by atoms with E-state index in [1.165, 1.54) is 42.3 Å². The number of hydrogen-bond acceptors (Lipinski definition) is 2. The van der Waals surface area contributed by atoms with Gasteiger partial charge in [-0.05, 0) is 30.5 Å². The summed E-state index contributed by atoms with van der Waals surface area (Å²) in [5.74, 6) is 0.135. The van der Waals surface area contributed by atoms with E-state index in [9.17, 15) is 4.79 Å². The standard InChI is InChI=1S/C25H33N3O2/c26-25-27(19-13-6-4-2-1-3-5-10-18-24(29)30)22-16-11-12-17-23(22)28(25)20-21-14-8-7-9-15-21/h7-9,11-12,14-17,26H,1-6,10,13,18-20H2,(H,29,30)/p+1. The van der Waals surface area contributed by atoms with Crippen LogP contribution < -0.4 is 10.3 Å². The predicted molar refractivity (Wildman–Crippen MR) is 121 cm³/mol. The summed E-state index contributed by atoms with van der Waals surface area (Å²) >= 11 is 0.